The summed E-state index contributed by atoms with van der Waals surface area (Å²) in [6, 6.07) is 0. The summed E-state index contributed by atoms with van der Waals surface area (Å²) in [6.07, 6.45) is 0. The Morgan fingerprint density at radius 1 is 0.667 bits per heavy atom. The fourth-order valence-corrected chi connectivity index (χ4v) is 0. The van der Waals surface area contributed by atoms with Gasteiger partial charge in [0.05, 0.1) is 0 Å². The van der Waals surface area contributed by atoms with Crippen molar-refractivity contribution in [2.45, 2.75) is 0 Å². The Bertz CT molecular complexity index is 136. The zero-order valence-electron chi connectivity index (χ0n) is 8.16. The Labute approximate surface area is 115 Å². The molecule has 0 radical (unpaired) electrons. The van der Waals surface area contributed by atoms with Crippen LogP contribution in [-0.4, -0.2) is 0 Å². The van der Waals surface area contributed by atoms with Crippen LogP contribution in [0.2, 0.25) is 0 Å². The molecule has 64 valence electrons. The first-order valence-electron chi connectivity index (χ1n) is 1.46. The Morgan fingerprint density at radius 3 is 0.667 bits per heavy atom. The van der Waals surface area contributed by atoms with Crippen LogP contribution in [0.15, 0.2) is 0 Å². The van der Waals surface area contributed by atoms with Crippen LogP contribution in [0.25, 0.3) is 0 Å². The van der Waals surface area contributed by atoms with Crippen LogP contribution < -0.4 is 88.5 Å². The quantitative estimate of drug-likeness (QED) is 0.295. The average Bonchev–Trinajstić information content (AvgIpc) is 1.12. The molecule has 0 aliphatic carbocycles. The molecule has 0 amide bonds. The molecule has 12 heavy (non-hydrogen) atoms. The van der Waals surface area contributed by atoms with Crippen molar-refractivity contribution in [3.8, 4) is 0 Å². The molecule has 0 N–H and O–H groups in total. The smallest absolute Gasteiger partial charge is 0.822 e. The maximum absolute atomic E-state index is 8.55. The van der Waals surface area contributed by atoms with Crippen LogP contribution >= 0.6 is 15.6 Å². The summed E-state index contributed by atoms with van der Waals surface area (Å²) in [5, 5.41) is 0. The first-order chi connectivity index (χ1) is 4.00. The predicted octanol–water partition coefficient (Wildman–Crippen LogP) is -11.4. The van der Waals surface area contributed by atoms with E-state index in [0.717, 1.165) is 0 Å². The number of hydrogen-bond acceptors (Lipinski definition) is 8. The molecule has 0 aromatic carbocycles. The molecule has 0 aromatic heterocycles. The van der Waals surface area contributed by atoms with Crippen molar-refractivity contribution in [3.63, 3.8) is 0 Å². The molecule has 0 aromatic rings. The molecule has 0 bridgehead atoms. The zero-order chi connectivity index (χ0) is 9.00. The van der Waals surface area contributed by atoms with Crippen LogP contribution in [0.3, 0.4) is 0 Å². The summed E-state index contributed by atoms with van der Waals surface area (Å²) < 4.78 is 17.1. The zero-order valence-corrected chi connectivity index (χ0v) is 11.9. The van der Waals surface area contributed by atoms with E-state index in [-0.39, 0.29) is 62.0 Å². The third-order valence-electron chi connectivity index (χ3n) is 0. The standard InChI is InChI=1S/2Na.2H3O4P/c;;2*1-5(2,3)4/h;;2*(H3,1,2,3,4)/q2*+1;;/p-4. The van der Waals surface area contributed by atoms with Gasteiger partial charge in [0.1, 0.15) is 0 Å². The predicted molar refractivity (Wildman–Crippen MR) is 17.4 cm³/mol. The van der Waals surface area contributed by atoms with Gasteiger partial charge in [-0.2, -0.15) is 15.6 Å². The molecule has 0 saturated carbocycles. The monoisotopic (exact) mass is 238 g/mol. The molecular formula is H2Na2O8P2-2. The van der Waals surface area contributed by atoms with Crippen LogP contribution in [0.5, 0.6) is 0 Å². The number of hydrogen-bond donors (Lipinski definition) is 0. The van der Waals surface area contributed by atoms with Crippen molar-refractivity contribution in [1.82, 2.24) is 0 Å². The summed E-state index contributed by atoms with van der Waals surface area (Å²) in [7, 11) is -10.8. The van der Waals surface area contributed by atoms with Crippen molar-refractivity contribution < 1.29 is 100 Å². The van der Waals surface area contributed by atoms with E-state index in [2.05, 4.69) is 0 Å². The van der Waals surface area contributed by atoms with E-state index in [1.165, 1.54) is 0 Å². The van der Waals surface area contributed by atoms with Gasteiger partial charge in [0.15, 0.2) is 0 Å². The Hall–Kier alpha value is 2.22. The molecule has 0 saturated heterocycles. The minimum atomic E-state index is -5.39. The van der Waals surface area contributed by atoms with Gasteiger partial charge < -0.3 is 38.5 Å². The van der Waals surface area contributed by atoms with Crippen molar-refractivity contribution in [2.24, 2.45) is 0 Å². The number of rotatable bonds is 0. The van der Waals surface area contributed by atoms with Gasteiger partial charge >= 0.3 is 62.0 Å². The van der Waals surface area contributed by atoms with Gasteiger partial charge in [0.2, 0.25) is 0 Å². The second-order valence-corrected chi connectivity index (χ2v) is 2.68. The van der Waals surface area contributed by atoms with E-state index >= 15 is 0 Å². The fourth-order valence-electron chi connectivity index (χ4n) is 0. The van der Waals surface area contributed by atoms with Gasteiger partial charge in [-0.1, -0.05) is 0 Å². The van der Waals surface area contributed by atoms with Crippen LogP contribution in [0.1, 0.15) is 2.85 Å². The molecule has 0 unspecified atom stereocenters. The largest absolute Gasteiger partial charge is 1.00 e. The SMILES string of the molecule is O=P([O-])([O-])[O-].O=P([O-])([O-])[O-].[H+].[H+].[Na+].[Na+]. The van der Waals surface area contributed by atoms with Crippen molar-refractivity contribution in [2.75, 3.05) is 0 Å². The molecule has 0 spiro atoms. The second kappa shape index (κ2) is 9.76. The molecule has 8 nitrogen and oxygen atoms in total. The van der Waals surface area contributed by atoms with Crippen molar-refractivity contribution >= 4 is 15.6 Å². The second-order valence-electron chi connectivity index (χ2n) is 0.894. The fraction of sp³-hybridized carbons (Fsp3) is 0. The van der Waals surface area contributed by atoms with Gasteiger partial charge in [-0.05, 0) is 0 Å². The third-order valence-corrected chi connectivity index (χ3v) is 0. The molecule has 0 atom stereocenters. The van der Waals surface area contributed by atoms with Crippen molar-refractivity contribution in [1.29, 1.82) is 0 Å². The molecule has 0 aliphatic heterocycles. The third kappa shape index (κ3) is 312. The topological polar surface area (TPSA) is 172 Å². The molecule has 0 fully saturated rings. The van der Waals surface area contributed by atoms with E-state index in [1.807, 2.05) is 0 Å². The van der Waals surface area contributed by atoms with Gasteiger partial charge in [-0.3, -0.25) is 0 Å². The number of phosphoric acid groups is 2. The maximum Gasteiger partial charge on any atom is 1.00 e. The maximum atomic E-state index is 8.55. The Kier molecular flexibility index (Phi) is 19.4. The van der Waals surface area contributed by atoms with Crippen molar-refractivity contribution in [3.05, 3.63) is 0 Å². The van der Waals surface area contributed by atoms with E-state index < -0.39 is 15.6 Å². The van der Waals surface area contributed by atoms with Crippen LogP contribution in [0, 0.1) is 0 Å². The van der Waals surface area contributed by atoms with E-state index in [4.69, 9.17) is 38.5 Å². The van der Waals surface area contributed by atoms with E-state index in [0.29, 0.717) is 0 Å². The Morgan fingerprint density at radius 2 is 0.667 bits per heavy atom. The summed E-state index contributed by atoms with van der Waals surface area (Å²) >= 11 is 0. The van der Waals surface area contributed by atoms with E-state index in [1.54, 1.807) is 0 Å². The normalized spacial score (nSPS) is 9.83. The van der Waals surface area contributed by atoms with Gasteiger partial charge in [-0.25, -0.2) is 0 Å². The van der Waals surface area contributed by atoms with Gasteiger partial charge in [0.25, 0.3) is 0 Å². The molecular weight excluding hydrogens is 236 g/mol. The van der Waals surface area contributed by atoms with Crippen LogP contribution in [0.4, 0.5) is 0 Å². The summed E-state index contributed by atoms with van der Waals surface area (Å²) in [5.74, 6) is 0. The summed E-state index contributed by atoms with van der Waals surface area (Å²) in [5.41, 5.74) is 0. The van der Waals surface area contributed by atoms with E-state index in [9.17, 15) is 0 Å². The minimum Gasteiger partial charge on any atom is -0.822 e. The van der Waals surface area contributed by atoms with Crippen LogP contribution in [-0.2, 0) is 9.13 Å². The van der Waals surface area contributed by atoms with Gasteiger partial charge in [-0.15, -0.1) is 0 Å². The first kappa shape index (κ1) is 23.8. The minimum absolute atomic E-state index is 0. The molecule has 0 rings (SSSR count). The average molecular weight is 238 g/mol. The molecule has 0 heterocycles. The Balaban J connectivity index is -0.0000000178. The summed E-state index contributed by atoms with van der Waals surface area (Å²) in [6.45, 7) is 0. The summed E-state index contributed by atoms with van der Waals surface area (Å²) in [4.78, 5) is 51.3. The first-order valence-corrected chi connectivity index (χ1v) is 4.38. The molecule has 0 aliphatic rings. The molecule has 12 heteroatoms. The van der Waals surface area contributed by atoms with Gasteiger partial charge in [0, 0.05) is 0 Å².